The van der Waals surface area contributed by atoms with Crippen LogP contribution in [0.25, 0.3) is 0 Å². The van der Waals surface area contributed by atoms with Crippen molar-refractivity contribution in [3.8, 4) is 5.75 Å². The van der Waals surface area contributed by atoms with E-state index in [1.807, 2.05) is 0 Å². The second-order valence-corrected chi connectivity index (χ2v) is 4.71. The summed E-state index contributed by atoms with van der Waals surface area (Å²) in [6.07, 6.45) is 0.813. The predicted molar refractivity (Wildman–Crippen MR) is 70.9 cm³/mol. The van der Waals surface area contributed by atoms with E-state index in [0.29, 0.717) is 19.4 Å². The van der Waals surface area contributed by atoms with Crippen molar-refractivity contribution < 1.29 is 24.9 Å². The lowest BCUT2D eigenvalue weighted by Crippen LogP contribution is -2.44. The number of aromatic hydroxyl groups is 1. The molecule has 2 rings (SSSR count). The number of nitrogens with one attached hydrogen (secondary N) is 1. The number of carbonyl (C=O) groups excluding carboxylic acids is 1. The van der Waals surface area contributed by atoms with Gasteiger partial charge in [0.2, 0.25) is 0 Å². The lowest BCUT2D eigenvalue weighted by molar-refractivity contribution is 0.0697. The summed E-state index contributed by atoms with van der Waals surface area (Å²) in [6, 6.07) is 3.24. The van der Waals surface area contributed by atoms with Crippen LogP contribution in [0.2, 0.25) is 0 Å². The summed E-state index contributed by atoms with van der Waals surface area (Å²) in [4.78, 5) is 24.5. The Labute approximate surface area is 115 Å². The van der Waals surface area contributed by atoms with Crippen molar-refractivity contribution in [1.82, 2.24) is 4.90 Å². The Hall–Kier alpha value is -2.28. The summed E-state index contributed by atoms with van der Waals surface area (Å²) in [7, 11) is 0. The predicted octanol–water partition coefficient (Wildman–Crippen LogP) is 1.08. The standard InChI is InChI=1S/C13H16N2O5/c16-8-3-4-11(10(6-8)12(18)19)14-13(20)15-5-1-2-9(17)7-15/h3-4,6,9,16-17H,1-2,5,7H2,(H,14,20)(H,18,19). The Balaban J connectivity index is 2.13. The van der Waals surface area contributed by atoms with Crippen molar-refractivity contribution in [2.24, 2.45) is 0 Å². The number of carboxylic acid groups (broad SMARTS) is 1. The fourth-order valence-electron chi connectivity index (χ4n) is 2.15. The van der Waals surface area contributed by atoms with Crippen LogP contribution < -0.4 is 5.32 Å². The number of aromatic carboxylic acids is 1. The van der Waals surface area contributed by atoms with Gasteiger partial charge in [-0.25, -0.2) is 9.59 Å². The molecule has 7 heteroatoms. The molecule has 4 N–H and O–H groups in total. The van der Waals surface area contributed by atoms with Gasteiger partial charge in [0.15, 0.2) is 0 Å². The van der Waals surface area contributed by atoms with Crippen LogP contribution in [0.5, 0.6) is 5.75 Å². The van der Waals surface area contributed by atoms with Gasteiger partial charge in [-0.2, -0.15) is 0 Å². The fraction of sp³-hybridized carbons (Fsp3) is 0.385. The summed E-state index contributed by atoms with van der Waals surface area (Å²) < 4.78 is 0. The monoisotopic (exact) mass is 280 g/mol. The van der Waals surface area contributed by atoms with E-state index >= 15 is 0 Å². The molecule has 0 radical (unpaired) electrons. The Morgan fingerprint density at radius 1 is 1.35 bits per heavy atom. The summed E-state index contributed by atoms with van der Waals surface area (Å²) in [5.74, 6) is -1.43. The molecule has 1 saturated heterocycles. The zero-order valence-corrected chi connectivity index (χ0v) is 10.7. The van der Waals surface area contributed by atoms with E-state index in [0.717, 1.165) is 6.07 Å². The summed E-state index contributed by atoms with van der Waals surface area (Å²) in [6.45, 7) is 0.746. The highest BCUT2D eigenvalue weighted by atomic mass is 16.4. The number of carboxylic acids is 1. The van der Waals surface area contributed by atoms with Crippen LogP contribution in [0.4, 0.5) is 10.5 Å². The largest absolute Gasteiger partial charge is 0.508 e. The first-order chi connectivity index (χ1) is 9.47. The van der Waals surface area contributed by atoms with Gasteiger partial charge in [0, 0.05) is 13.1 Å². The normalized spacial score (nSPS) is 18.6. The van der Waals surface area contributed by atoms with E-state index in [2.05, 4.69) is 5.32 Å². The van der Waals surface area contributed by atoms with Crippen molar-refractivity contribution in [1.29, 1.82) is 0 Å². The Bertz CT molecular complexity index is 531. The first kappa shape index (κ1) is 14.1. The average molecular weight is 280 g/mol. The van der Waals surface area contributed by atoms with Crippen LogP contribution in [0.3, 0.4) is 0 Å². The van der Waals surface area contributed by atoms with Gasteiger partial charge >= 0.3 is 12.0 Å². The molecular weight excluding hydrogens is 264 g/mol. The summed E-state index contributed by atoms with van der Waals surface area (Å²) in [5, 5.41) is 30.3. The molecule has 1 atom stereocenters. The number of phenolic OH excluding ortho intramolecular Hbond substituents is 1. The van der Waals surface area contributed by atoms with Crippen LogP contribution in [0.1, 0.15) is 23.2 Å². The number of hydrogen-bond acceptors (Lipinski definition) is 4. The number of phenols is 1. The molecular formula is C13H16N2O5. The molecule has 1 aromatic rings. The zero-order valence-electron chi connectivity index (χ0n) is 10.7. The molecule has 0 aromatic heterocycles. The summed E-state index contributed by atoms with van der Waals surface area (Å²) in [5.41, 5.74) is -0.0729. The van der Waals surface area contributed by atoms with E-state index in [1.54, 1.807) is 0 Å². The molecule has 1 fully saturated rings. The zero-order chi connectivity index (χ0) is 14.7. The molecule has 0 aliphatic carbocycles. The number of hydrogen-bond donors (Lipinski definition) is 4. The first-order valence-corrected chi connectivity index (χ1v) is 6.27. The number of aliphatic hydroxyl groups excluding tert-OH is 1. The third kappa shape index (κ3) is 3.18. The third-order valence-corrected chi connectivity index (χ3v) is 3.16. The number of anilines is 1. The third-order valence-electron chi connectivity index (χ3n) is 3.16. The van der Waals surface area contributed by atoms with Gasteiger partial charge in [-0.05, 0) is 31.0 Å². The van der Waals surface area contributed by atoms with Crippen LogP contribution in [0.15, 0.2) is 18.2 Å². The molecule has 108 valence electrons. The molecule has 1 aromatic carbocycles. The number of urea groups is 1. The quantitative estimate of drug-likeness (QED) is 0.606. The fourth-order valence-corrected chi connectivity index (χ4v) is 2.15. The maximum atomic E-state index is 12.0. The highest BCUT2D eigenvalue weighted by Crippen LogP contribution is 2.22. The number of benzene rings is 1. The number of nitrogens with zero attached hydrogens (tertiary/aromatic N) is 1. The lowest BCUT2D eigenvalue weighted by atomic mass is 10.1. The number of piperidine rings is 1. The van der Waals surface area contributed by atoms with Crippen molar-refractivity contribution in [2.45, 2.75) is 18.9 Å². The molecule has 1 aliphatic heterocycles. The number of carbonyl (C=O) groups is 2. The number of likely N-dealkylation sites (tertiary alicyclic amines) is 1. The van der Waals surface area contributed by atoms with E-state index in [9.17, 15) is 19.8 Å². The van der Waals surface area contributed by atoms with E-state index in [-0.39, 0.29) is 23.5 Å². The van der Waals surface area contributed by atoms with Gasteiger partial charge in [-0.15, -0.1) is 0 Å². The molecule has 20 heavy (non-hydrogen) atoms. The molecule has 2 amide bonds. The number of β-amino-alcohol motifs (C(OH)–C–C–N with tert-alkyl or cyclic N) is 1. The van der Waals surface area contributed by atoms with Crippen molar-refractivity contribution >= 4 is 17.7 Å². The maximum Gasteiger partial charge on any atom is 0.337 e. The Morgan fingerprint density at radius 2 is 2.10 bits per heavy atom. The highest BCUT2D eigenvalue weighted by molar-refractivity contribution is 6.00. The topological polar surface area (TPSA) is 110 Å². The average Bonchev–Trinajstić information content (AvgIpc) is 2.40. The van der Waals surface area contributed by atoms with Gasteiger partial charge in [0.1, 0.15) is 5.75 Å². The molecule has 0 saturated carbocycles. The van der Waals surface area contributed by atoms with Crippen molar-refractivity contribution in [2.75, 3.05) is 18.4 Å². The Morgan fingerprint density at radius 3 is 2.75 bits per heavy atom. The van der Waals surface area contributed by atoms with Crippen LogP contribution in [-0.4, -0.2) is 51.4 Å². The smallest absolute Gasteiger partial charge is 0.337 e. The second-order valence-electron chi connectivity index (χ2n) is 4.71. The molecule has 7 nitrogen and oxygen atoms in total. The van der Waals surface area contributed by atoms with Gasteiger partial charge in [-0.1, -0.05) is 0 Å². The minimum Gasteiger partial charge on any atom is -0.508 e. The highest BCUT2D eigenvalue weighted by Gasteiger charge is 2.23. The van der Waals surface area contributed by atoms with Crippen LogP contribution in [0, 0.1) is 0 Å². The van der Waals surface area contributed by atoms with Crippen LogP contribution >= 0.6 is 0 Å². The summed E-state index contributed by atoms with van der Waals surface area (Å²) >= 11 is 0. The van der Waals surface area contributed by atoms with E-state index in [4.69, 9.17) is 5.11 Å². The molecule has 0 spiro atoms. The van der Waals surface area contributed by atoms with E-state index < -0.39 is 18.1 Å². The minimum absolute atomic E-state index is 0.111. The lowest BCUT2D eigenvalue weighted by Gasteiger charge is -2.30. The maximum absolute atomic E-state index is 12.0. The first-order valence-electron chi connectivity index (χ1n) is 6.27. The number of aliphatic hydroxyl groups is 1. The van der Waals surface area contributed by atoms with Crippen LogP contribution in [-0.2, 0) is 0 Å². The molecule has 1 heterocycles. The van der Waals surface area contributed by atoms with Gasteiger partial charge < -0.3 is 25.5 Å². The minimum atomic E-state index is -1.24. The van der Waals surface area contributed by atoms with Gasteiger partial charge in [0.05, 0.1) is 17.4 Å². The molecule has 1 unspecified atom stereocenters. The molecule has 0 bridgehead atoms. The van der Waals surface area contributed by atoms with Crippen molar-refractivity contribution in [3.63, 3.8) is 0 Å². The SMILES string of the molecule is O=C(O)c1cc(O)ccc1NC(=O)N1CCCC(O)C1. The second kappa shape index (κ2) is 5.79. The Kier molecular flexibility index (Phi) is 4.09. The number of amides is 2. The number of rotatable bonds is 2. The van der Waals surface area contributed by atoms with Gasteiger partial charge in [-0.3, -0.25) is 0 Å². The molecule has 1 aliphatic rings. The van der Waals surface area contributed by atoms with E-state index in [1.165, 1.54) is 17.0 Å². The van der Waals surface area contributed by atoms with Gasteiger partial charge in [0.25, 0.3) is 0 Å². The van der Waals surface area contributed by atoms with Crippen molar-refractivity contribution in [3.05, 3.63) is 23.8 Å².